The highest BCUT2D eigenvalue weighted by Crippen LogP contribution is 2.74. The summed E-state index contributed by atoms with van der Waals surface area (Å²) in [7, 11) is 1.71. The third-order valence-electron chi connectivity index (χ3n) is 10.7. The van der Waals surface area contributed by atoms with Gasteiger partial charge < -0.3 is 24.8 Å². The van der Waals surface area contributed by atoms with E-state index in [2.05, 4.69) is 16.0 Å². The lowest BCUT2D eigenvalue weighted by Gasteiger charge is -2.70. The summed E-state index contributed by atoms with van der Waals surface area (Å²) < 4.78 is 6.59. The number of carbonyl (C=O) groups is 1. The molecule has 1 aromatic heterocycles. The van der Waals surface area contributed by atoms with E-state index in [9.17, 15) is 19.8 Å². The fourth-order valence-electron chi connectivity index (χ4n) is 8.92. The van der Waals surface area contributed by atoms with Crippen molar-refractivity contribution in [3.8, 4) is 11.5 Å². The number of benzene rings is 1. The van der Waals surface area contributed by atoms with E-state index in [0.29, 0.717) is 23.4 Å². The first-order valence-electron chi connectivity index (χ1n) is 13.9. The summed E-state index contributed by atoms with van der Waals surface area (Å²) in [5, 5.41) is 23.3. The van der Waals surface area contributed by atoms with E-state index >= 15 is 0 Å². The number of piperidine rings is 1. The third kappa shape index (κ3) is 2.67. The molecule has 5 atom stereocenters. The SMILES string of the molecule is CN(Cc1cccc(=O)[nH]1)C(=O)C1=C[C@@]23CC[C@]1(O)[C@@H]1Oc4c(O)ccc5c4[C@@]12CCN(CC1CC1)[C@@H]3C5. The summed E-state index contributed by atoms with van der Waals surface area (Å²) in [4.78, 5) is 32.9. The molecule has 3 N–H and O–H groups in total. The van der Waals surface area contributed by atoms with Crippen molar-refractivity contribution in [2.45, 2.75) is 68.2 Å². The summed E-state index contributed by atoms with van der Waals surface area (Å²) in [6, 6.07) is 8.89. The van der Waals surface area contributed by atoms with Crippen molar-refractivity contribution in [1.82, 2.24) is 14.8 Å². The maximum atomic E-state index is 14.1. The zero-order valence-electron chi connectivity index (χ0n) is 21.6. The lowest BCUT2D eigenvalue weighted by Crippen LogP contribution is -2.78. The number of ether oxygens (including phenoxy) is 1. The summed E-state index contributed by atoms with van der Waals surface area (Å²) in [5.41, 5.74) is 0.839. The van der Waals surface area contributed by atoms with Gasteiger partial charge in [0.1, 0.15) is 11.7 Å². The number of amides is 1. The molecular weight excluding hydrogens is 482 g/mol. The molecule has 2 aromatic rings. The Hall–Kier alpha value is -3.10. The van der Waals surface area contributed by atoms with Crippen LogP contribution in [0.3, 0.4) is 0 Å². The maximum absolute atomic E-state index is 14.1. The Morgan fingerprint density at radius 3 is 2.84 bits per heavy atom. The molecule has 0 radical (unpaired) electrons. The van der Waals surface area contributed by atoms with Crippen molar-refractivity contribution in [3.63, 3.8) is 0 Å². The molecule has 4 bridgehead atoms. The molecule has 1 aromatic carbocycles. The number of carbonyl (C=O) groups excluding carboxylic acids is 1. The summed E-state index contributed by atoms with van der Waals surface area (Å²) in [6.07, 6.45) is 7.01. The molecule has 38 heavy (non-hydrogen) atoms. The van der Waals surface area contributed by atoms with Crippen LogP contribution in [-0.4, -0.2) is 68.8 Å². The first-order valence-corrected chi connectivity index (χ1v) is 13.9. The summed E-state index contributed by atoms with van der Waals surface area (Å²) in [5.74, 6) is 1.12. The average molecular weight is 516 g/mol. The fourth-order valence-corrected chi connectivity index (χ4v) is 8.92. The van der Waals surface area contributed by atoms with Crippen LogP contribution in [0, 0.1) is 11.3 Å². The molecule has 2 spiro atoms. The van der Waals surface area contributed by atoms with E-state index in [-0.39, 0.29) is 35.2 Å². The number of aliphatic hydroxyl groups is 1. The number of hydrogen-bond donors (Lipinski definition) is 3. The van der Waals surface area contributed by atoms with Gasteiger partial charge in [0.25, 0.3) is 5.91 Å². The van der Waals surface area contributed by atoms with Crippen molar-refractivity contribution in [3.05, 3.63) is 69.2 Å². The van der Waals surface area contributed by atoms with Gasteiger partial charge in [0.2, 0.25) is 5.56 Å². The second kappa shape index (κ2) is 7.30. The first-order chi connectivity index (χ1) is 18.3. The monoisotopic (exact) mass is 515 g/mol. The highest BCUT2D eigenvalue weighted by atomic mass is 16.5. The molecule has 7 aliphatic rings. The number of pyridine rings is 1. The largest absolute Gasteiger partial charge is 0.504 e. The molecule has 0 unspecified atom stereocenters. The summed E-state index contributed by atoms with van der Waals surface area (Å²) in [6.45, 7) is 2.25. The lowest BCUT2D eigenvalue weighted by atomic mass is 9.38. The number of aromatic amines is 1. The number of rotatable bonds is 5. The summed E-state index contributed by atoms with van der Waals surface area (Å²) >= 11 is 0. The molecule has 8 nitrogen and oxygen atoms in total. The maximum Gasteiger partial charge on any atom is 0.252 e. The highest BCUT2D eigenvalue weighted by Gasteiger charge is 2.78. The van der Waals surface area contributed by atoms with Gasteiger partial charge in [-0.2, -0.15) is 0 Å². The number of likely N-dealkylation sites (N-methyl/N-ethyl adjacent to an activating group) is 1. The Morgan fingerprint density at radius 2 is 2.05 bits per heavy atom. The van der Waals surface area contributed by atoms with E-state index in [1.807, 2.05) is 6.07 Å². The smallest absolute Gasteiger partial charge is 0.252 e. The van der Waals surface area contributed by atoms with Crippen LogP contribution in [0.2, 0.25) is 0 Å². The van der Waals surface area contributed by atoms with Crippen LogP contribution in [0.5, 0.6) is 11.5 Å². The zero-order chi connectivity index (χ0) is 26.0. The van der Waals surface area contributed by atoms with Crippen LogP contribution in [0.15, 0.2) is 46.8 Å². The van der Waals surface area contributed by atoms with Crippen LogP contribution >= 0.6 is 0 Å². The minimum atomic E-state index is -1.46. The minimum absolute atomic E-state index is 0.113. The van der Waals surface area contributed by atoms with Crippen molar-refractivity contribution >= 4 is 5.91 Å². The lowest BCUT2D eigenvalue weighted by molar-refractivity contribution is -0.188. The highest BCUT2D eigenvalue weighted by molar-refractivity contribution is 5.97. The number of fused-ring (bicyclic) bond motifs is 1. The van der Waals surface area contributed by atoms with E-state index in [0.717, 1.165) is 43.8 Å². The van der Waals surface area contributed by atoms with Gasteiger partial charge in [-0.3, -0.25) is 14.5 Å². The predicted molar refractivity (Wildman–Crippen MR) is 139 cm³/mol. The van der Waals surface area contributed by atoms with Gasteiger partial charge >= 0.3 is 0 Å². The molecule has 9 rings (SSSR count). The number of hydrogen-bond acceptors (Lipinski definition) is 6. The van der Waals surface area contributed by atoms with Gasteiger partial charge in [-0.05, 0) is 68.7 Å². The number of nitrogens with one attached hydrogen (secondary N) is 1. The number of likely N-dealkylation sites (tertiary alicyclic amines) is 1. The van der Waals surface area contributed by atoms with E-state index in [4.69, 9.17) is 4.74 Å². The average Bonchev–Trinajstić information content (AvgIpc) is 3.63. The normalized spacial score (nSPS) is 35.9. The zero-order valence-corrected chi connectivity index (χ0v) is 21.6. The standard InChI is InChI=1S/C30H33N3O5/c1-32(16-19-3-2-4-23(35)31-19)26(36)20-14-28-9-10-30(20,37)27-29(28)11-12-33(15-17-5-6-17)22(28)13-18-7-8-21(34)25(38-27)24(18)29/h2-4,7-8,14,17,22,27,34,37H,5-6,9-13,15-16H2,1H3,(H,31,35)/t22-,27-,28-,29+,30-/m1/s1. The second-order valence-electron chi connectivity index (χ2n) is 12.5. The third-order valence-corrected chi connectivity index (χ3v) is 10.7. The Labute approximate surface area is 220 Å². The van der Waals surface area contributed by atoms with Crippen molar-refractivity contribution in [2.75, 3.05) is 20.1 Å². The molecular formula is C30H33N3O5. The Kier molecular flexibility index (Phi) is 4.39. The number of H-pyrrole nitrogens is 1. The fraction of sp³-hybridized carbons (Fsp3) is 0.533. The number of aromatic hydroxyl groups is 1. The van der Waals surface area contributed by atoms with E-state index in [1.54, 1.807) is 30.1 Å². The predicted octanol–water partition coefficient (Wildman–Crippen LogP) is 2.23. The quantitative estimate of drug-likeness (QED) is 0.564. The van der Waals surface area contributed by atoms with Crippen LogP contribution in [0.4, 0.5) is 0 Å². The van der Waals surface area contributed by atoms with Crippen LogP contribution in [0.1, 0.15) is 48.9 Å². The van der Waals surface area contributed by atoms with Gasteiger partial charge in [0, 0.05) is 47.9 Å². The number of nitrogens with zero attached hydrogens (tertiary/aromatic N) is 2. The number of aromatic nitrogens is 1. The van der Waals surface area contributed by atoms with Gasteiger partial charge in [-0.15, -0.1) is 0 Å². The van der Waals surface area contributed by atoms with Gasteiger partial charge in [-0.25, -0.2) is 0 Å². The number of phenolic OH excluding ortho intramolecular Hbond substituents is 1. The Morgan fingerprint density at radius 1 is 1.21 bits per heavy atom. The van der Waals surface area contributed by atoms with Gasteiger partial charge in [0.15, 0.2) is 11.5 Å². The van der Waals surface area contributed by atoms with Crippen LogP contribution in [0.25, 0.3) is 0 Å². The van der Waals surface area contributed by atoms with Crippen LogP contribution < -0.4 is 10.3 Å². The van der Waals surface area contributed by atoms with Crippen molar-refractivity contribution in [1.29, 1.82) is 0 Å². The molecule has 5 aliphatic carbocycles. The van der Waals surface area contributed by atoms with E-state index < -0.39 is 17.1 Å². The molecule has 1 saturated heterocycles. The topological polar surface area (TPSA) is 106 Å². The molecule has 3 fully saturated rings. The second-order valence-corrected chi connectivity index (χ2v) is 12.5. The Bertz CT molecular complexity index is 1480. The molecule has 1 amide bonds. The molecule has 2 aliphatic heterocycles. The van der Waals surface area contributed by atoms with Crippen molar-refractivity contribution in [2.24, 2.45) is 11.3 Å². The van der Waals surface area contributed by atoms with Crippen LogP contribution in [-0.2, 0) is 23.2 Å². The van der Waals surface area contributed by atoms with Gasteiger partial charge in [0.05, 0.1) is 12.0 Å². The van der Waals surface area contributed by atoms with E-state index in [1.165, 1.54) is 24.5 Å². The number of phenols is 1. The molecule has 2 saturated carbocycles. The first kappa shape index (κ1) is 22.8. The molecule has 3 heterocycles. The minimum Gasteiger partial charge on any atom is -0.504 e. The molecule has 8 heteroatoms. The van der Waals surface area contributed by atoms with Gasteiger partial charge in [-0.1, -0.05) is 18.2 Å². The van der Waals surface area contributed by atoms with Crippen molar-refractivity contribution < 1.29 is 19.7 Å². The Balaban J connectivity index is 1.27. The molecule has 198 valence electrons.